The smallest absolute Gasteiger partial charge is 0.254 e. The molecule has 0 bridgehead atoms. The summed E-state index contributed by atoms with van der Waals surface area (Å²) < 4.78 is 13.4. The Balaban J connectivity index is 2.22. The van der Waals surface area contributed by atoms with E-state index in [0.717, 1.165) is 5.75 Å². The fourth-order valence-electron chi connectivity index (χ4n) is 1.70. The molecule has 2 rings (SSSR count). The molecule has 4 nitrogen and oxygen atoms in total. The van der Waals surface area contributed by atoms with Crippen LogP contribution in [0.4, 0.5) is 10.1 Å². The summed E-state index contributed by atoms with van der Waals surface area (Å²) in [7, 11) is 0. The summed E-state index contributed by atoms with van der Waals surface area (Å²) in [4.78, 5) is 24.7. The first-order valence-corrected chi connectivity index (χ1v) is 6.67. The molecule has 0 spiro atoms. The van der Waals surface area contributed by atoms with Crippen molar-refractivity contribution < 1.29 is 14.0 Å². The van der Waals surface area contributed by atoms with Gasteiger partial charge in [0.1, 0.15) is 5.82 Å². The fourth-order valence-corrected chi connectivity index (χ4v) is 2.65. The van der Waals surface area contributed by atoms with E-state index >= 15 is 0 Å². The van der Waals surface area contributed by atoms with E-state index in [0.29, 0.717) is 18.0 Å². The minimum atomic E-state index is -0.544. The van der Waals surface area contributed by atoms with Crippen molar-refractivity contribution in [3.8, 4) is 0 Å². The quantitative estimate of drug-likeness (QED) is 0.891. The highest BCUT2D eigenvalue weighted by Crippen LogP contribution is 2.20. The third-order valence-electron chi connectivity index (χ3n) is 2.56. The van der Waals surface area contributed by atoms with Crippen LogP contribution < -0.4 is 5.32 Å². The zero-order valence-electron chi connectivity index (χ0n) is 9.90. The maximum atomic E-state index is 13.4. The highest BCUT2D eigenvalue weighted by Gasteiger charge is 2.20. The van der Waals surface area contributed by atoms with Crippen LogP contribution in [0.1, 0.15) is 17.3 Å². The summed E-state index contributed by atoms with van der Waals surface area (Å²) in [6, 6.07) is 4.01. The second kappa shape index (κ2) is 5.39. The van der Waals surface area contributed by atoms with Crippen LogP contribution in [0, 0.1) is 5.82 Å². The molecular formula is C12H13FN2O2S. The summed E-state index contributed by atoms with van der Waals surface area (Å²) in [5.41, 5.74) is 0.433. The predicted molar refractivity (Wildman–Crippen MR) is 69.1 cm³/mol. The van der Waals surface area contributed by atoms with E-state index in [-0.39, 0.29) is 17.5 Å². The van der Waals surface area contributed by atoms with E-state index in [1.54, 1.807) is 16.7 Å². The summed E-state index contributed by atoms with van der Waals surface area (Å²) in [6.07, 6.45) is 0. The molecule has 0 aromatic heterocycles. The Morgan fingerprint density at radius 3 is 2.83 bits per heavy atom. The first-order chi connectivity index (χ1) is 8.58. The first-order valence-electron chi connectivity index (χ1n) is 5.52. The molecule has 1 aromatic carbocycles. The first kappa shape index (κ1) is 12.9. The van der Waals surface area contributed by atoms with Crippen LogP contribution in [0.5, 0.6) is 0 Å². The Hall–Kier alpha value is -1.56. The van der Waals surface area contributed by atoms with Gasteiger partial charge in [0.15, 0.2) is 0 Å². The van der Waals surface area contributed by atoms with Crippen molar-refractivity contribution in [2.45, 2.75) is 6.92 Å². The number of hydrogen-bond donors (Lipinski definition) is 1. The SMILES string of the molecule is CC(=O)Nc1cc(C(=O)N2CCSC2)ccc1F. The maximum Gasteiger partial charge on any atom is 0.254 e. The van der Waals surface area contributed by atoms with E-state index in [1.165, 1.54) is 25.1 Å². The number of anilines is 1. The average molecular weight is 268 g/mol. The highest BCUT2D eigenvalue weighted by molar-refractivity contribution is 7.99. The lowest BCUT2D eigenvalue weighted by atomic mass is 10.1. The van der Waals surface area contributed by atoms with Crippen LogP contribution >= 0.6 is 11.8 Å². The molecule has 1 aliphatic heterocycles. The molecule has 2 amide bonds. The van der Waals surface area contributed by atoms with Gasteiger partial charge in [-0.15, -0.1) is 11.8 Å². The van der Waals surface area contributed by atoms with Crippen molar-refractivity contribution in [2.75, 3.05) is 23.5 Å². The topological polar surface area (TPSA) is 49.4 Å². The van der Waals surface area contributed by atoms with E-state index < -0.39 is 5.82 Å². The number of hydrogen-bond acceptors (Lipinski definition) is 3. The number of carbonyl (C=O) groups is 2. The number of nitrogens with one attached hydrogen (secondary N) is 1. The average Bonchev–Trinajstić information content (AvgIpc) is 2.84. The van der Waals surface area contributed by atoms with E-state index in [1.807, 2.05) is 0 Å². The third-order valence-corrected chi connectivity index (χ3v) is 3.53. The van der Waals surface area contributed by atoms with Crippen LogP contribution in [0.2, 0.25) is 0 Å². The fraction of sp³-hybridized carbons (Fsp3) is 0.333. The van der Waals surface area contributed by atoms with Crippen molar-refractivity contribution in [2.24, 2.45) is 0 Å². The Kier molecular flexibility index (Phi) is 3.86. The van der Waals surface area contributed by atoms with E-state index in [4.69, 9.17) is 0 Å². The molecule has 1 saturated heterocycles. The molecule has 6 heteroatoms. The molecule has 1 N–H and O–H groups in total. The Labute approximate surface area is 109 Å². The van der Waals surface area contributed by atoms with E-state index in [9.17, 15) is 14.0 Å². The molecule has 0 saturated carbocycles. The number of benzene rings is 1. The van der Waals surface area contributed by atoms with Gasteiger partial charge < -0.3 is 10.2 Å². The van der Waals surface area contributed by atoms with Crippen LogP contribution in [0.25, 0.3) is 0 Å². The van der Waals surface area contributed by atoms with Gasteiger partial charge >= 0.3 is 0 Å². The molecule has 0 unspecified atom stereocenters. The number of amides is 2. The van der Waals surface area contributed by atoms with Gasteiger partial charge in [-0.1, -0.05) is 0 Å². The van der Waals surface area contributed by atoms with Gasteiger partial charge in [-0.3, -0.25) is 9.59 Å². The third kappa shape index (κ3) is 2.81. The molecule has 0 aliphatic carbocycles. The van der Waals surface area contributed by atoms with Crippen LogP contribution in [-0.2, 0) is 4.79 Å². The number of carbonyl (C=O) groups excluding carboxylic acids is 2. The molecule has 1 aliphatic rings. The Morgan fingerprint density at radius 2 is 2.22 bits per heavy atom. The largest absolute Gasteiger partial charge is 0.329 e. The summed E-state index contributed by atoms with van der Waals surface area (Å²) in [6.45, 7) is 2.00. The van der Waals surface area contributed by atoms with Gasteiger partial charge in [0.05, 0.1) is 11.6 Å². The predicted octanol–water partition coefficient (Wildman–Crippen LogP) is 1.93. The van der Waals surface area contributed by atoms with Gasteiger partial charge in [0, 0.05) is 24.8 Å². The van der Waals surface area contributed by atoms with Crippen molar-refractivity contribution >= 4 is 29.3 Å². The second-order valence-corrected chi connectivity index (χ2v) is 5.06. The van der Waals surface area contributed by atoms with Crippen LogP contribution in [0.15, 0.2) is 18.2 Å². The van der Waals surface area contributed by atoms with Crippen molar-refractivity contribution in [1.82, 2.24) is 4.90 Å². The Morgan fingerprint density at radius 1 is 1.44 bits per heavy atom. The lowest BCUT2D eigenvalue weighted by Gasteiger charge is -2.15. The van der Waals surface area contributed by atoms with Gasteiger partial charge in [-0.2, -0.15) is 0 Å². The standard InChI is InChI=1S/C12H13FN2O2S/c1-8(16)14-11-6-9(2-3-10(11)13)12(17)15-4-5-18-7-15/h2-3,6H,4-5,7H2,1H3,(H,14,16). The molecule has 1 aromatic rings. The monoisotopic (exact) mass is 268 g/mol. The minimum absolute atomic E-state index is 0.0419. The molecule has 1 heterocycles. The lowest BCUT2D eigenvalue weighted by Crippen LogP contribution is -2.27. The van der Waals surface area contributed by atoms with Crippen LogP contribution in [0.3, 0.4) is 0 Å². The molecule has 1 fully saturated rings. The van der Waals surface area contributed by atoms with Gasteiger partial charge in [-0.05, 0) is 18.2 Å². The van der Waals surface area contributed by atoms with Crippen molar-refractivity contribution in [3.05, 3.63) is 29.6 Å². The minimum Gasteiger partial charge on any atom is -0.329 e. The van der Waals surface area contributed by atoms with Gasteiger partial charge in [0.2, 0.25) is 5.91 Å². The zero-order valence-corrected chi connectivity index (χ0v) is 10.7. The number of nitrogens with zero attached hydrogens (tertiary/aromatic N) is 1. The summed E-state index contributed by atoms with van der Waals surface area (Å²) in [5, 5.41) is 2.37. The Bertz CT molecular complexity index is 487. The van der Waals surface area contributed by atoms with Gasteiger partial charge in [-0.25, -0.2) is 4.39 Å². The maximum absolute atomic E-state index is 13.4. The molecule has 0 atom stereocenters. The highest BCUT2D eigenvalue weighted by atomic mass is 32.2. The summed E-state index contributed by atoms with van der Waals surface area (Å²) >= 11 is 1.68. The number of thioether (sulfide) groups is 1. The number of halogens is 1. The zero-order chi connectivity index (χ0) is 13.1. The molecule has 96 valence electrons. The second-order valence-electron chi connectivity index (χ2n) is 3.98. The van der Waals surface area contributed by atoms with Crippen LogP contribution in [-0.4, -0.2) is 34.9 Å². The molecule has 18 heavy (non-hydrogen) atoms. The molecule has 0 radical (unpaired) electrons. The van der Waals surface area contributed by atoms with Crippen molar-refractivity contribution in [1.29, 1.82) is 0 Å². The van der Waals surface area contributed by atoms with E-state index in [2.05, 4.69) is 5.32 Å². The molecular weight excluding hydrogens is 255 g/mol. The number of rotatable bonds is 2. The van der Waals surface area contributed by atoms with Crippen molar-refractivity contribution in [3.63, 3.8) is 0 Å². The lowest BCUT2D eigenvalue weighted by molar-refractivity contribution is -0.114. The van der Waals surface area contributed by atoms with Gasteiger partial charge in [0.25, 0.3) is 5.91 Å². The normalized spacial score (nSPS) is 14.7. The summed E-state index contributed by atoms with van der Waals surface area (Å²) in [5.74, 6) is 0.538.